The zero-order chi connectivity index (χ0) is 20.3. The summed E-state index contributed by atoms with van der Waals surface area (Å²) in [6.45, 7) is 3.59. The van der Waals surface area contributed by atoms with E-state index in [1.165, 1.54) is 11.1 Å². The number of amides is 1. The molecule has 29 heavy (non-hydrogen) atoms. The number of rotatable bonds is 5. The zero-order valence-electron chi connectivity index (χ0n) is 16.2. The van der Waals surface area contributed by atoms with E-state index in [9.17, 15) is 13.2 Å². The fourth-order valence-electron chi connectivity index (χ4n) is 3.90. The lowest BCUT2D eigenvalue weighted by molar-refractivity contribution is -0.120. The van der Waals surface area contributed by atoms with Gasteiger partial charge in [0.2, 0.25) is 5.91 Å². The predicted molar refractivity (Wildman–Crippen MR) is 116 cm³/mol. The molecule has 2 aromatic rings. The van der Waals surface area contributed by atoms with Crippen LogP contribution in [0.2, 0.25) is 0 Å². The minimum Gasteiger partial charge on any atom is -0.369 e. The van der Waals surface area contributed by atoms with Crippen molar-refractivity contribution in [2.75, 3.05) is 48.3 Å². The molecule has 6 nitrogen and oxygen atoms in total. The van der Waals surface area contributed by atoms with Crippen LogP contribution in [0.5, 0.6) is 0 Å². The maximum atomic E-state index is 13.2. The number of hydrogen-bond donors (Lipinski definition) is 0. The Bertz CT molecular complexity index is 969. The van der Waals surface area contributed by atoms with Gasteiger partial charge in [-0.05, 0) is 30.3 Å². The molecule has 0 saturated carbocycles. The van der Waals surface area contributed by atoms with Crippen LogP contribution in [0.3, 0.4) is 0 Å². The molecule has 0 unspecified atom stereocenters. The van der Waals surface area contributed by atoms with Crippen molar-refractivity contribution in [2.24, 2.45) is 0 Å². The van der Waals surface area contributed by atoms with Gasteiger partial charge in [-0.15, -0.1) is 0 Å². The molecule has 152 valence electrons. The Morgan fingerprint density at radius 2 is 1.55 bits per heavy atom. The van der Waals surface area contributed by atoms with Crippen LogP contribution in [-0.2, 0) is 14.6 Å². The lowest BCUT2D eigenvalue weighted by Crippen LogP contribution is -2.52. The second-order valence-electron chi connectivity index (χ2n) is 7.42. The van der Waals surface area contributed by atoms with Crippen LogP contribution in [0.4, 0.5) is 11.4 Å². The molecular formula is C22H25N3O3S. The average Bonchev–Trinajstić information content (AvgIpc) is 3.09. The maximum Gasteiger partial charge on any atom is 0.241 e. The number of benzene rings is 2. The van der Waals surface area contributed by atoms with Crippen LogP contribution in [0, 0.1) is 0 Å². The molecule has 0 radical (unpaired) electrons. The second kappa shape index (κ2) is 8.39. The second-order valence-corrected chi connectivity index (χ2v) is 9.35. The Labute approximate surface area is 172 Å². The first kappa shape index (κ1) is 19.7. The van der Waals surface area contributed by atoms with E-state index in [1.54, 1.807) is 11.0 Å². The summed E-state index contributed by atoms with van der Waals surface area (Å²) in [5.41, 5.74) is 1.93. The predicted octanol–water partition coefficient (Wildman–Crippen LogP) is 2.15. The fourth-order valence-corrected chi connectivity index (χ4v) is 5.17. The van der Waals surface area contributed by atoms with Gasteiger partial charge in [-0.3, -0.25) is 9.69 Å². The first-order chi connectivity index (χ1) is 14.0. The monoisotopic (exact) mass is 411 g/mol. The molecule has 2 heterocycles. The molecule has 1 fully saturated rings. The maximum absolute atomic E-state index is 13.2. The summed E-state index contributed by atoms with van der Waals surface area (Å²) in [6, 6.07) is 19.1. The smallest absolute Gasteiger partial charge is 0.241 e. The Morgan fingerprint density at radius 3 is 2.14 bits per heavy atom. The van der Waals surface area contributed by atoms with Crippen LogP contribution < -0.4 is 9.80 Å². The molecular weight excluding hydrogens is 386 g/mol. The van der Waals surface area contributed by atoms with Crippen molar-refractivity contribution < 1.29 is 13.2 Å². The molecule has 0 spiro atoms. The standard InChI is InChI=1S/C22H25N3O3S/c26-22(17-23-12-14-24(15-13-23)19-7-3-1-4-8-19)25(20-9-5-2-6-10-20)21-11-16-29(27,28)18-21/h1-11,16,21H,12-15,17-18H2/t21-/m0/s1. The molecule has 1 saturated heterocycles. The van der Waals surface area contributed by atoms with E-state index in [0.29, 0.717) is 0 Å². The number of anilines is 2. The topological polar surface area (TPSA) is 60.9 Å². The van der Waals surface area contributed by atoms with E-state index in [4.69, 9.17) is 0 Å². The van der Waals surface area contributed by atoms with Crippen molar-refractivity contribution in [3.63, 3.8) is 0 Å². The van der Waals surface area contributed by atoms with Crippen LogP contribution in [-0.4, -0.2) is 63.7 Å². The highest BCUT2D eigenvalue weighted by Gasteiger charge is 2.32. The van der Waals surface area contributed by atoms with E-state index in [0.717, 1.165) is 31.9 Å². The van der Waals surface area contributed by atoms with Gasteiger partial charge in [-0.25, -0.2) is 8.42 Å². The first-order valence-electron chi connectivity index (χ1n) is 9.82. The van der Waals surface area contributed by atoms with Crippen molar-refractivity contribution in [1.29, 1.82) is 0 Å². The van der Waals surface area contributed by atoms with Gasteiger partial charge in [0.25, 0.3) is 0 Å². The van der Waals surface area contributed by atoms with Crippen molar-refractivity contribution in [2.45, 2.75) is 6.04 Å². The van der Waals surface area contributed by atoms with E-state index < -0.39 is 15.9 Å². The number of hydrogen-bond acceptors (Lipinski definition) is 5. The fraction of sp³-hybridized carbons (Fsp3) is 0.318. The molecule has 1 amide bonds. The lowest BCUT2D eigenvalue weighted by Gasteiger charge is -2.37. The molecule has 0 bridgehead atoms. The number of sulfone groups is 1. The zero-order valence-corrected chi connectivity index (χ0v) is 17.0. The van der Waals surface area contributed by atoms with Crippen LogP contribution in [0.25, 0.3) is 0 Å². The molecule has 0 N–H and O–H groups in total. The van der Waals surface area contributed by atoms with Crippen LogP contribution >= 0.6 is 0 Å². The van der Waals surface area contributed by atoms with Gasteiger partial charge in [0.05, 0.1) is 18.3 Å². The average molecular weight is 412 g/mol. The van der Waals surface area contributed by atoms with Gasteiger partial charge in [0.1, 0.15) is 0 Å². The minimum absolute atomic E-state index is 0.0601. The van der Waals surface area contributed by atoms with Crippen molar-refractivity contribution >= 4 is 27.1 Å². The van der Waals surface area contributed by atoms with Crippen molar-refractivity contribution in [3.8, 4) is 0 Å². The highest BCUT2D eigenvalue weighted by atomic mass is 32.2. The van der Waals surface area contributed by atoms with E-state index in [-0.39, 0.29) is 18.2 Å². The normalized spacial score (nSPS) is 21.2. The number of para-hydroxylation sites is 2. The van der Waals surface area contributed by atoms with E-state index >= 15 is 0 Å². The first-order valence-corrected chi connectivity index (χ1v) is 11.5. The van der Waals surface area contributed by atoms with Crippen LogP contribution in [0.15, 0.2) is 72.1 Å². The molecule has 2 aliphatic rings. The quantitative estimate of drug-likeness (QED) is 0.755. The largest absolute Gasteiger partial charge is 0.369 e. The Morgan fingerprint density at radius 1 is 0.931 bits per heavy atom. The third kappa shape index (κ3) is 4.68. The third-order valence-corrected chi connectivity index (χ3v) is 6.78. The molecule has 0 aromatic heterocycles. The highest BCUT2D eigenvalue weighted by molar-refractivity contribution is 7.94. The summed E-state index contributed by atoms with van der Waals surface area (Å²) < 4.78 is 23.8. The van der Waals surface area contributed by atoms with Crippen molar-refractivity contribution in [3.05, 3.63) is 72.1 Å². The summed E-state index contributed by atoms with van der Waals surface area (Å²) in [6.07, 6.45) is 1.62. The Balaban J connectivity index is 1.43. The summed E-state index contributed by atoms with van der Waals surface area (Å²) >= 11 is 0. The summed E-state index contributed by atoms with van der Waals surface area (Å²) in [7, 11) is -3.25. The molecule has 2 aliphatic heterocycles. The Kier molecular flexibility index (Phi) is 5.69. The van der Waals surface area contributed by atoms with Gasteiger partial charge >= 0.3 is 0 Å². The van der Waals surface area contributed by atoms with E-state index in [2.05, 4.69) is 21.9 Å². The number of piperazine rings is 1. The highest BCUT2D eigenvalue weighted by Crippen LogP contribution is 2.23. The number of nitrogens with zero attached hydrogens (tertiary/aromatic N) is 3. The molecule has 2 aromatic carbocycles. The molecule has 4 rings (SSSR count). The van der Waals surface area contributed by atoms with Gasteiger partial charge in [0.15, 0.2) is 9.84 Å². The van der Waals surface area contributed by atoms with Gasteiger partial charge in [-0.2, -0.15) is 0 Å². The SMILES string of the molecule is O=C(CN1CCN(c2ccccc2)CC1)N(c1ccccc1)[C@H]1C=CS(=O)(=O)C1. The van der Waals surface area contributed by atoms with Crippen LogP contribution in [0.1, 0.15) is 0 Å². The third-order valence-electron chi connectivity index (χ3n) is 5.40. The summed E-state index contributed by atoms with van der Waals surface area (Å²) in [5.74, 6) is -0.133. The number of carbonyl (C=O) groups excluding carboxylic acids is 1. The molecule has 7 heteroatoms. The molecule has 0 aliphatic carbocycles. The minimum atomic E-state index is -3.25. The van der Waals surface area contributed by atoms with Gasteiger partial charge < -0.3 is 9.80 Å². The summed E-state index contributed by atoms with van der Waals surface area (Å²) in [5, 5.41) is 1.22. The Hall–Kier alpha value is -2.64. The van der Waals surface area contributed by atoms with E-state index in [1.807, 2.05) is 48.5 Å². The lowest BCUT2D eigenvalue weighted by atomic mass is 10.2. The molecule has 1 atom stereocenters. The number of carbonyl (C=O) groups is 1. The van der Waals surface area contributed by atoms with Gasteiger partial charge in [0, 0.05) is 43.0 Å². The summed E-state index contributed by atoms with van der Waals surface area (Å²) in [4.78, 5) is 19.3. The van der Waals surface area contributed by atoms with Gasteiger partial charge in [-0.1, -0.05) is 36.4 Å². The van der Waals surface area contributed by atoms with Crippen molar-refractivity contribution in [1.82, 2.24) is 4.90 Å².